The zero-order valence-electron chi connectivity index (χ0n) is 10.6. The molecule has 18 heavy (non-hydrogen) atoms. The fraction of sp³-hybridized carbons (Fsp3) is 0.538. The van der Waals surface area contributed by atoms with E-state index < -0.39 is 0 Å². The first kappa shape index (κ1) is 12.8. The molecule has 1 heterocycles. The summed E-state index contributed by atoms with van der Waals surface area (Å²) in [4.78, 5) is 16.1. The van der Waals surface area contributed by atoms with Gasteiger partial charge in [0, 0.05) is 12.2 Å². The summed E-state index contributed by atoms with van der Waals surface area (Å²) in [7, 11) is 0. The molecule has 0 aliphatic heterocycles. The minimum Gasteiger partial charge on any atom is -0.349 e. The quantitative estimate of drug-likeness (QED) is 0.559. The summed E-state index contributed by atoms with van der Waals surface area (Å²) in [5.41, 5.74) is 3.58. The van der Waals surface area contributed by atoms with Gasteiger partial charge in [0.25, 0.3) is 5.91 Å². The van der Waals surface area contributed by atoms with Crippen molar-refractivity contribution in [2.45, 2.75) is 38.6 Å². The number of aromatic nitrogens is 1. The second-order valence-electron chi connectivity index (χ2n) is 4.87. The third-order valence-electron chi connectivity index (χ3n) is 3.69. The van der Waals surface area contributed by atoms with Gasteiger partial charge in [0.1, 0.15) is 0 Å². The van der Waals surface area contributed by atoms with Gasteiger partial charge in [0.15, 0.2) is 0 Å². The van der Waals surface area contributed by atoms with E-state index in [2.05, 4.69) is 22.7 Å². The highest BCUT2D eigenvalue weighted by Crippen LogP contribution is 2.27. The Balaban J connectivity index is 2.02. The second-order valence-corrected chi connectivity index (χ2v) is 4.87. The third-order valence-corrected chi connectivity index (χ3v) is 3.69. The van der Waals surface area contributed by atoms with E-state index in [0.717, 1.165) is 0 Å². The summed E-state index contributed by atoms with van der Waals surface area (Å²) in [6.07, 6.45) is 8.11. The molecule has 1 aliphatic carbocycles. The number of hydrazine groups is 1. The molecule has 0 bridgehead atoms. The van der Waals surface area contributed by atoms with Crippen molar-refractivity contribution < 1.29 is 4.79 Å². The van der Waals surface area contributed by atoms with Gasteiger partial charge in [-0.05, 0) is 31.7 Å². The van der Waals surface area contributed by atoms with Crippen LogP contribution in [0.3, 0.4) is 0 Å². The summed E-state index contributed by atoms with van der Waals surface area (Å²) in [5.74, 6) is 5.88. The van der Waals surface area contributed by atoms with Gasteiger partial charge in [-0.3, -0.25) is 15.6 Å². The van der Waals surface area contributed by atoms with Gasteiger partial charge in [-0.15, -0.1) is 0 Å². The molecule has 1 amide bonds. The zero-order valence-corrected chi connectivity index (χ0v) is 10.6. The average molecular weight is 248 g/mol. The second kappa shape index (κ2) is 5.82. The van der Waals surface area contributed by atoms with Crippen LogP contribution in [0.4, 0.5) is 5.69 Å². The fourth-order valence-electron chi connectivity index (χ4n) is 2.57. The summed E-state index contributed by atoms with van der Waals surface area (Å²) >= 11 is 0. The van der Waals surface area contributed by atoms with Crippen molar-refractivity contribution in [2.24, 2.45) is 11.8 Å². The Kier molecular flexibility index (Phi) is 4.15. The first-order valence-electron chi connectivity index (χ1n) is 6.44. The van der Waals surface area contributed by atoms with Crippen molar-refractivity contribution in [3.8, 4) is 0 Å². The predicted molar refractivity (Wildman–Crippen MR) is 70.9 cm³/mol. The molecule has 0 aromatic carbocycles. The van der Waals surface area contributed by atoms with Crippen molar-refractivity contribution in [2.75, 3.05) is 5.43 Å². The Morgan fingerprint density at radius 2 is 2.22 bits per heavy atom. The Hall–Kier alpha value is -1.62. The number of nitrogens with one attached hydrogen (secondary N) is 2. The first-order valence-corrected chi connectivity index (χ1v) is 6.44. The molecule has 5 heteroatoms. The number of amides is 1. The number of hydrogen-bond acceptors (Lipinski definition) is 4. The van der Waals surface area contributed by atoms with Crippen molar-refractivity contribution in [1.29, 1.82) is 0 Å². The lowest BCUT2D eigenvalue weighted by atomic mass is 9.99. The van der Waals surface area contributed by atoms with E-state index in [1.54, 1.807) is 18.5 Å². The lowest BCUT2D eigenvalue weighted by Crippen LogP contribution is -2.37. The molecule has 0 radical (unpaired) electrons. The van der Waals surface area contributed by atoms with Gasteiger partial charge in [-0.1, -0.05) is 12.8 Å². The van der Waals surface area contributed by atoms with Crippen LogP contribution >= 0.6 is 0 Å². The molecule has 0 saturated heterocycles. The molecule has 1 saturated carbocycles. The third kappa shape index (κ3) is 2.79. The Bertz CT molecular complexity index is 415. The van der Waals surface area contributed by atoms with Crippen LogP contribution in [0, 0.1) is 5.92 Å². The molecule has 1 unspecified atom stereocenters. The van der Waals surface area contributed by atoms with Crippen LogP contribution in [0.2, 0.25) is 0 Å². The van der Waals surface area contributed by atoms with Crippen molar-refractivity contribution in [1.82, 2.24) is 10.3 Å². The highest BCUT2D eigenvalue weighted by atomic mass is 16.1. The van der Waals surface area contributed by atoms with E-state index in [1.165, 1.54) is 25.7 Å². The van der Waals surface area contributed by atoms with E-state index in [9.17, 15) is 4.79 Å². The normalized spacial score (nSPS) is 17.4. The van der Waals surface area contributed by atoms with Crippen LogP contribution < -0.4 is 16.6 Å². The van der Waals surface area contributed by atoms with Crippen LogP contribution in [0.15, 0.2) is 18.5 Å². The molecule has 1 aromatic rings. The first-order chi connectivity index (χ1) is 8.72. The van der Waals surface area contributed by atoms with Crippen molar-refractivity contribution in [3.05, 3.63) is 24.0 Å². The molecular weight excluding hydrogens is 228 g/mol. The molecule has 98 valence electrons. The maximum Gasteiger partial charge on any atom is 0.253 e. The predicted octanol–water partition coefficient (Wildman–Crippen LogP) is 1.68. The van der Waals surface area contributed by atoms with Gasteiger partial charge in [-0.25, -0.2) is 0 Å². The molecule has 0 spiro atoms. The van der Waals surface area contributed by atoms with Gasteiger partial charge >= 0.3 is 0 Å². The number of nitrogen functional groups attached to an aromatic ring is 1. The molecule has 2 rings (SSSR count). The Labute approximate surface area is 107 Å². The minimum atomic E-state index is -0.0928. The number of pyridine rings is 1. The van der Waals surface area contributed by atoms with Gasteiger partial charge in [0.2, 0.25) is 0 Å². The van der Waals surface area contributed by atoms with E-state index in [-0.39, 0.29) is 11.9 Å². The van der Waals surface area contributed by atoms with Crippen molar-refractivity contribution in [3.63, 3.8) is 0 Å². The topological polar surface area (TPSA) is 80.0 Å². The Morgan fingerprint density at radius 3 is 2.89 bits per heavy atom. The number of anilines is 1. The molecule has 5 nitrogen and oxygen atoms in total. The highest BCUT2D eigenvalue weighted by Gasteiger charge is 2.23. The SMILES string of the molecule is CC(NC(=O)c1ccncc1NN)C1CCCC1. The van der Waals surface area contributed by atoms with Crippen LogP contribution in [0.1, 0.15) is 43.0 Å². The van der Waals surface area contributed by atoms with Crippen LogP contribution in [0.25, 0.3) is 0 Å². The zero-order chi connectivity index (χ0) is 13.0. The lowest BCUT2D eigenvalue weighted by molar-refractivity contribution is 0.0928. The number of hydrogen-bond donors (Lipinski definition) is 3. The van der Waals surface area contributed by atoms with Crippen LogP contribution in [0.5, 0.6) is 0 Å². The summed E-state index contributed by atoms with van der Waals surface area (Å²) in [6, 6.07) is 1.88. The summed E-state index contributed by atoms with van der Waals surface area (Å²) in [5, 5.41) is 3.05. The number of carbonyl (C=O) groups is 1. The monoisotopic (exact) mass is 248 g/mol. The molecule has 1 fully saturated rings. The van der Waals surface area contributed by atoms with E-state index >= 15 is 0 Å². The van der Waals surface area contributed by atoms with Crippen LogP contribution in [-0.2, 0) is 0 Å². The van der Waals surface area contributed by atoms with Crippen LogP contribution in [-0.4, -0.2) is 16.9 Å². The summed E-state index contributed by atoms with van der Waals surface area (Å²) < 4.78 is 0. The minimum absolute atomic E-state index is 0.0928. The molecule has 1 aliphatic rings. The molecule has 4 N–H and O–H groups in total. The molecule has 1 atom stereocenters. The molecular formula is C13H20N4O. The maximum atomic E-state index is 12.2. The van der Waals surface area contributed by atoms with E-state index in [0.29, 0.717) is 17.2 Å². The smallest absolute Gasteiger partial charge is 0.253 e. The number of nitrogens with two attached hydrogens (primary N) is 1. The van der Waals surface area contributed by atoms with Gasteiger partial charge < -0.3 is 10.7 Å². The largest absolute Gasteiger partial charge is 0.349 e. The number of carbonyl (C=O) groups excluding carboxylic acids is 1. The lowest BCUT2D eigenvalue weighted by Gasteiger charge is -2.20. The standard InChI is InChI=1S/C13H20N4O/c1-9(10-4-2-3-5-10)16-13(18)11-6-7-15-8-12(11)17-14/h6-10,17H,2-5,14H2,1H3,(H,16,18). The Morgan fingerprint density at radius 1 is 1.50 bits per heavy atom. The molecule has 1 aromatic heterocycles. The van der Waals surface area contributed by atoms with Gasteiger partial charge in [0.05, 0.1) is 17.4 Å². The number of rotatable bonds is 4. The maximum absolute atomic E-state index is 12.2. The van der Waals surface area contributed by atoms with E-state index in [1.807, 2.05) is 0 Å². The average Bonchev–Trinajstić information content (AvgIpc) is 2.92. The fourth-order valence-corrected chi connectivity index (χ4v) is 2.57. The van der Waals surface area contributed by atoms with E-state index in [4.69, 9.17) is 5.84 Å². The highest BCUT2D eigenvalue weighted by molar-refractivity contribution is 5.99. The van der Waals surface area contributed by atoms with Crippen molar-refractivity contribution >= 4 is 11.6 Å². The number of nitrogens with zero attached hydrogens (tertiary/aromatic N) is 1. The summed E-state index contributed by atoms with van der Waals surface area (Å²) in [6.45, 7) is 2.07. The van der Waals surface area contributed by atoms with Gasteiger partial charge in [-0.2, -0.15) is 0 Å².